The summed E-state index contributed by atoms with van der Waals surface area (Å²) >= 11 is 0. The zero-order valence-corrected chi connectivity index (χ0v) is 22.1. The molecule has 0 radical (unpaired) electrons. The van der Waals surface area contributed by atoms with Gasteiger partial charge in [0.15, 0.2) is 0 Å². The summed E-state index contributed by atoms with van der Waals surface area (Å²) < 4.78 is 10.3. The van der Waals surface area contributed by atoms with Crippen molar-refractivity contribution in [1.82, 2.24) is 15.1 Å². The maximum atomic E-state index is 12.7. The molecule has 1 saturated heterocycles. The molecule has 204 valence electrons. The van der Waals surface area contributed by atoms with Crippen LogP contribution in [0.15, 0.2) is 77.2 Å². The molecule has 11 nitrogen and oxygen atoms in total. The fourth-order valence-electron chi connectivity index (χ4n) is 4.40. The van der Waals surface area contributed by atoms with Crippen LogP contribution in [0.5, 0.6) is 0 Å². The lowest BCUT2D eigenvalue weighted by atomic mass is 10.0. The van der Waals surface area contributed by atoms with Crippen molar-refractivity contribution >= 4 is 40.9 Å². The van der Waals surface area contributed by atoms with E-state index in [1.807, 2.05) is 65.6 Å². The van der Waals surface area contributed by atoms with E-state index in [2.05, 4.69) is 25.7 Å². The number of carbonyl (C=O) groups is 3. The fourth-order valence-corrected chi connectivity index (χ4v) is 4.40. The van der Waals surface area contributed by atoms with Gasteiger partial charge in [-0.05, 0) is 59.7 Å². The molecule has 1 aromatic heterocycles. The highest BCUT2D eigenvalue weighted by Gasteiger charge is 2.19. The van der Waals surface area contributed by atoms with Crippen molar-refractivity contribution < 1.29 is 23.5 Å². The van der Waals surface area contributed by atoms with Gasteiger partial charge in [0.2, 0.25) is 5.91 Å². The average Bonchev–Trinajstić information content (AvgIpc) is 3.46. The SMILES string of the molecule is COC(=O)c1ccc(-c2cccc(Nc3nnc(C(=O)Nc4ccc(N5CCN(C(C)=O)CC5)cc4)o3)c2)cc1. The number of methoxy groups -OCH3 is 1. The number of nitrogens with one attached hydrogen (secondary N) is 2. The molecule has 0 aliphatic carbocycles. The van der Waals surface area contributed by atoms with E-state index >= 15 is 0 Å². The first-order valence-corrected chi connectivity index (χ1v) is 12.7. The molecule has 0 bridgehead atoms. The number of hydrogen-bond donors (Lipinski definition) is 2. The molecule has 11 heteroatoms. The minimum Gasteiger partial charge on any atom is -0.465 e. The predicted molar refractivity (Wildman–Crippen MR) is 150 cm³/mol. The molecule has 0 unspecified atom stereocenters. The van der Waals surface area contributed by atoms with Crippen LogP contribution in [-0.4, -0.2) is 66.2 Å². The fraction of sp³-hybridized carbons (Fsp3) is 0.207. The first-order chi connectivity index (χ1) is 19.4. The van der Waals surface area contributed by atoms with Gasteiger partial charge in [0.25, 0.3) is 0 Å². The number of carbonyl (C=O) groups excluding carboxylic acids is 3. The number of esters is 1. The highest BCUT2D eigenvalue weighted by Crippen LogP contribution is 2.25. The van der Waals surface area contributed by atoms with Crippen molar-refractivity contribution in [3.63, 3.8) is 0 Å². The topological polar surface area (TPSA) is 130 Å². The Kier molecular flexibility index (Phi) is 7.72. The van der Waals surface area contributed by atoms with Crippen LogP contribution in [-0.2, 0) is 9.53 Å². The standard InChI is InChI=1S/C29H28N6O5/c1-19(36)34-14-16-35(17-15-34)25-12-10-23(11-13-25)30-26(37)27-32-33-29(40-27)31-24-5-3-4-22(18-24)20-6-8-21(9-7-20)28(38)39-2/h3-13,18H,14-17H2,1-2H3,(H,30,37)(H,31,33). The minimum atomic E-state index is -0.525. The smallest absolute Gasteiger partial charge is 0.337 e. The molecule has 4 aromatic rings. The molecule has 1 aliphatic rings. The molecule has 0 saturated carbocycles. The monoisotopic (exact) mass is 540 g/mol. The molecule has 1 aliphatic heterocycles. The molecule has 2 heterocycles. The predicted octanol–water partition coefficient (Wildman–Crippen LogP) is 4.19. The minimum absolute atomic E-state index is 0.0726. The third-order valence-electron chi connectivity index (χ3n) is 6.59. The van der Waals surface area contributed by atoms with Crippen LogP contribution >= 0.6 is 0 Å². The zero-order valence-electron chi connectivity index (χ0n) is 22.1. The van der Waals surface area contributed by atoms with Crippen LogP contribution in [0.1, 0.15) is 28.0 Å². The second-order valence-corrected chi connectivity index (χ2v) is 9.18. The molecule has 1 fully saturated rings. The van der Waals surface area contributed by atoms with E-state index in [1.165, 1.54) is 7.11 Å². The Morgan fingerprint density at radius 2 is 1.57 bits per heavy atom. The van der Waals surface area contributed by atoms with E-state index in [0.29, 0.717) is 30.0 Å². The quantitative estimate of drug-likeness (QED) is 0.332. The second kappa shape index (κ2) is 11.7. The van der Waals surface area contributed by atoms with Gasteiger partial charge in [-0.25, -0.2) is 4.79 Å². The Hall–Kier alpha value is -5.19. The van der Waals surface area contributed by atoms with Crippen molar-refractivity contribution in [2.24, 2.45) is 0 Å². The Bertz CT molecular complexity index is 1510. The molecule has 0 spiro atoms. The van der Waals surface area contributed by atoms with Gasteiger partial charge in [0.05, 0.1) is 12.7 Å². The summed E-state index contributed by atoms with van der Waals surface area (Å²) in [4.78, 5) is 39.9. The number of amides is 2. The van der Waals surface area contributed by atoms with Crippen LogP contribution in [0.4, 0.5) is 23.1 Å². The van der Waals surface area contributed by atoms with Gasteiger partial charge in [-0.1, -0.05) is 29.4 Å². The lowest BCUT2D eigenvalue weighted by Gasteiger charge is -2.35. The average molecular weight is 541 g/mol. The summed E-state index contributed by atoms with van der Waals surface area (Å²) in [5.41, 5.74) is 4.58. The number of ether oxygens (including phenoxy) is 1. The second-order valence-electron chi connectivity index (χ2n) is 9.18. The third kappa shape index (κ3) is 6.09. The van der Waals surface area contributed by atoms with E-state index < -0.39 is 11.9 Å². The van der Waals surface area contributed by atoms with E-state index in [4.69, 9.17) is 9.15 Å². The molecule has 0 atom stereocenters. The van der Waals surface area contributed by atoms with Gasteiger partial charge in [0, 0.05) is 50.2 Å². The van der Waals surface area contributed by atoms with Crippen LogP contribution in [0.3, 0.4) is 0 Å². The molecule has 2 amide bonds. The number of benzene rings is 3. The first-order valence-electron chi connectivity index (χ1n) is 12.7. The van der Waals surface area contributed by atoms with E-state index in [9.17, 15) is 14.4 Å². The molecule has 40 heavy (non-hydrogen) atoms. The van der Waals surface area contributed by atoms with E-state index in [1.54, 1.807) is 19.1 Å². The van der Waals surface area contributed by atoms with Crippen molar-refractivity contribution in [1.29, 1.82) is 0 Å². The normalized spacial score (nSPS) is 13.1. The number of piperazine rings is 1. The summed E-state index contributed by atoms with van der Waals surface area (Å²) in [6.07, 6.45) is 0. The van der Waals surface area contributed by atoms with Crippen molar-refractivity contribution in [2.45, 2.75) is 6.92 Å². The van der Waals surface area contributed by atoms with Gasteiger partial charge in [0.1, 0.15) is 0 Å². The molecule has 2 N–H and O–H groups in total. The van der Waals surface area contributed by atoms with Gasteiger partial charge in [-0.3, -0.25) is 9.59 Å². The Morgan fingerprint density at radius 1 is 0.850 bits per heavy atom. The highest BCUT2D eigenvalue weighted by atomic mass is 16.5. The molecule has 5 rings (SSSR count). The number of nitrogens with zero attached hydrogens (tertiary/aromatic N) is 4. The largest absolute Gasteiger partial charge is 0.465 e. The Morgan fingerprint density at radius 3 is 2.25 bits per heavy atom. The lowest BCUT2D eigenvalue weighted by molar-refractivity contribution is -0.129. The number of rotatable bonds is 7. The Labute approximate surface area is 230 Å². The summed E-state index contributed by atoms with van der Waals surface area (Å²) in [5, 5.41) is 13.6. The maximum Gasteiger partial charge on any atom is 0.337 e. The Balaban J connectivity index is 1.18. The van der Waals surface area contributed by atoms with Crippen molar-refractivity contribution in [3.05, 3.63) is 84.3 Å². The number of anilines is 4. The summed E-state index contributed by atoms with van der Waals surface area (Å²) in [6.45, 7) is 4.48. The van der Waals surface area contributed by atoms with Crippen LogP contribution in [0.2, 0.25) is 0 Å². The lowest BCUT2D eigenvalue weighted by Crippen LogP contribution is -2.48. The van der Waals surface area contributed by atoms with Crippen molar-refractivity contribution in [2.75, 3.05) is 48.8 Å². The van der Waals surface area contributed by atoms with Gasteiger partial charge >= 0.3 is 23.8 Å². The molecular formula is C29H28N6O5. The van der Waals surface area contributed by atoms with E-state index in [-0.39, 0.29) is 17.8 Å². The number of hydrogen-bond acceptors (Lipinski definition) is 9. The van der Waals surface area contributed by atoms with Crippen LogP contribution in [0.25, 0.3) is 11.1 Å². The molecular weight excluding hydrogens is 512 g/mol. The van der Waals surface area contributed by atoms with Gasteiger partial charge in [-0.15, -0.1) is 5.10 Å². The zero-order chi connectivity index (χ0) is 28.1. The maximum absolute atomic E-state index is 12.7. The van der Waals surface area contributed by atoms with Crippen LogP contribution in [0, 0.1) is 0 Å². The third-order valence-corrected chi connectivity index (χ3v) is 6.59. The number of aromatic nitrogens is 2. The first kappa shape index (κ1) is 26.4. The summed E-state index contributed by atoms with van der Waals surface area (Å²) in [7, 11) is 1.34. The summed E-state index contributed by atoms with van der Waals surface area (Å²) in [5.74, 6) is -1.00. The van der Waals surface area contributed by atoms with Gasteiger partial charge in [-0.2, -0.15) is 0 Å². The molecule has 3 aromatic carbocycles. The van der Waals surface area contributed by atoms with Crippen molar-refractivity contribution in [3.8, 4) is 11.1 Å². The van der Waals surface area contributed by atoms with E-state index in [0.717, 1.165) is 29.9 Å². The van der Waals surface area contributed by atoms with Crippen LogP contribution < -0.4 is 15.5 Å². The highest BCUT2D eigenvalue weighted by molar-refractivity contribution is 6.01. The van der Waals surface area contributed by atoms with Gasteiger partial charge < -0.3 is 29.6 Å². The summed E-state index contributed by atoms with van der Waals surface area (Å²) in [6, 6.07) is 22.1.